The van der Waals surface area contributed by atoms with Gasteiger partial charge in [-0.3, -0.25) is 0 Å². The summed E-state index contributed by atoms with van der Waals surface area (Å²) in [5, 5.41) is 0. The number of unbranched alkanes of at least 4 members (excludes halogenated alkanes) is 1. The number of ether oxygens (including phenoxy) is 1. The van der Waals surface area contributed by atoms with Crippen molar-refractivity contribution in [3.63, 3.8) is 0 Å². The summed E-state index contributed by atoms with van der Waals surface area (Å²) in [6, 6.07) is 0.978. The average molecular weight is 201 g/mol. The van der Waals surface area contributed by atoms with Crippen molar-refractivity contribution in [2.24, 2.45) is 0 Å². The molecular weight excluding hydrogens is 180 g/mol. The topological polar surface area (TPSA) is 18.5 Å². The Morgan fingerprint density at radius 1 is 1.54 bits per heavy atom. The van der Waals surface area contributed by atoms with E-state index in [0.29, 0.717) is 0 Å². The molecule has 0 amide bonds. The highest BCUT2D eigenvalue weighted by Crippen LogP contribution is 2.02. The van der Waals surface area contributed by atoms with Gasteiger partial charge >= 0.3 is 0 Å². The van der Waals surface area contributed by atoms with Gasteiger partial charge in [0.2, 0.25) is 9.04 Å². The van der Waals surface area contributed by atoms with Crippen LogP contribution >= 0.6 is 0 Å². The number of allylic oxidation sites excluding steroid dienone is 1. The Morgan fingerprint density at radius 2 is 2.23 bits per heavy atom. The summed E-state index contributed by atoms with van der Waals surface area (Å²) in [4.78, 5) is 0. The van der Waals surface area contributed by atoms with Gasteiger partial charge in [-0.15, -0.1) is 6.58 Å². The maximum absolute atomic E-state index is 5.65. The lowest BCUT2D eigenvalue weighted by atomic mass is 10.4. The summed E-state index contributed by atoms with van der Waals surface area (Å²) >= 11 is 0. The van der Waals surface area contributed by atoms with E-state index in [1.54, 1.807) is 0 Å². The van der Waals surface area contributed by atoms with E-state index in [-0.39, 0.29) is 6.29 Å². The maximum atomic E-state index is 5.65. The standard InChI is InChI=1S/C10H21O2Si/c1-5-7-8-11-10(3)12-13(4)9-6-2/h6,10H,2,5,7-9H2,1,3-4H3. The zero-order chi connectivity index (χ0) is 10.1. The lowest BCUT2D eigenvalue weighted by Crippen LogP contribution is -2.22. The van der Waals surface area contributed by atoms with Crippen LogP contribution in [0.25, 0.3) is 0 Å². The van der Waals surface area contributed by atoms with E-state index in [4.69, 9.17) is 9.16 Å². The highest BCUT2D eigenvalue weighted by Gasteiger charge is 2.08. The van der Waals surface area contributed by atoms with Crippen molar-refractivity contribution >= 4 is 9.04 Å². The Kier molecular flexibility index (Phi) is 8.39. The fraction of sp³-hybridized carbons (Fsp3) is 0.800. The molecular formula is C10H21O2Si. The summed E-state index contributed by atoms with van der Waals surface area (Å²) in [6.45, 7) is 10.7. The van der Waals surface area contributed by atoms with Crippen LogP contribution in [0.4, 0.5) is 0 Å². The largest absolute Gasteiger partial charge is 0.392 e. The lowest BCUT2D eigenvalue weighted by molar-refractivity contribution is -0.0695. The molecule has 0 saturated carbocycles. The molecule has 0 spiro atoms. The van der Waals surface area contributed by atoms with Crippen molar-refractivity contribution in [1.29, 1.82) is 0 Å². The smallest absolute Gasteiger partial charge is 0.215 e. The molecule has 1 radical (unpaired) electrons. The average Bonchev–Trinajstić information content (AvgIpc) is 2.05. The third kappa shape index (κ3) is 8.21. The van der Waals surface area contributed by atoms with Crippen LogP contribution in [0.15, 0.2) is 12.7 Å². The molecule has 2 nitrogen and oxygen atoms in total. The molecule has 0 N–H and O–H groups in total. The van der Waals surface area contributed by atoms with Crippen LogP contribution < -0.4 is 0 Å². The molecule has 0 aromatic heterocycles. The quantitative estimate of drug-likeness (QED) is 0.260. The van der Waals surface area contributed by atoms with Crippen molar-refractivity contribution < 1.29 is 9.16 Å². The first-order valence-corrected chi connectivity index (χ1v) is 7.03. The highest BCUT2D eigenvalue weighted by molar-refractivity contribution is 6.50. The van der Waals surface area contributed by atoms with Gasteiger partial charge in [-0.1, -0.05) is 19.4 Å². The van der Waals surface area contributed by atoms with Crippen molar-refractivity contribution in [3.05, 3.63) is 12.7 Å². The lowest BCUT2D eigenvalue weighted by Gasteiger charge is -2.17. The van der Waals surface area contributed by atoms with E-state index in [1.165, 1.54) is 6.42 Å². The van der Waals surface area contributed by atoms with Gasteiger partial charge in [0.1, 0.15) is 6.29 Å². The predicted molar refractivity (Wildman–Crippen MR) is 58.0 cm³/mol. The van der Waals surface area contributed by atoms with Crippen molar-refractivity contribution in [2.45, 2.75) is 45.6 Å². The van der Waals surface area contributed by atoms with E-state index in [1.807, 2.05) is 13.0 Å². The van der Waals surface area contributed by atoms with E-state index in [9.17, 15) is 0 Å². The normalized spacial score (nSPS) is 13.2. The third-order valence-corrected chi connectivity index (χ3v) is 3.25. The van der Waals surface area contributed by atoms with E-state index < -0.39 is 9.04 Å². The Balaban J connectivity index is 3.37. The first-order valence-electron chi connectivity index (χ1n) is 4.92. The van der Waals surface area contributed by atoms with E-state index in [0.717, 1.165) is 19.1 Å². The zero-order valence-electron chi connectivity index (χ0n) is 9.01. The fourth-order valence-corrected chi connectivity index (χ4v) is 2.10. The van der Waals surface area contributed by atoms with Crippen LogP contribution in [0.1, 0.15) is 26.7 Å². The third-order valence-electron chi connectivity index (χ3n) is 1.65. The molecule has 3 heteroatoms. The van der Waals surface area contributed by atoms with Gasteiger partial charge < -0.3 is 9.16 Å². The van der Waals surface area contributed by atoms with Gasteiger partial charge in [0.25, 0.3) is 0 Å². The minimum atomic E-state index is -0.719. The monoisotopic (exact) mass is 201 g/mol. The summed E-state index contributed by atoms with van der Waals surface area (Å²) in [5.74, 6) is 0. The van der Waals surface area contributed by atoms with Crippen molar-refractivity contribution in [3.8, 4) is 0 Å². The van der Waals surface area contributed by atoms with Gasteiger partial charge in [-0.2, -0.15) is 0 Å². The van der Waals surface area contributed by atoms with Crippen molar-refractivity contribution in [2.75, 3.05) is 6.61 Å². The molecule has 0 aliphatic rings. The highest BCUT2D eigenvalue weighted by atomic mass is 28.3. The van der Waals surface area contributed by atoms with Crippen LogP contribution in [-0.4, -0.2) is 21.9 Å². The summed E-state index contributed by atoms with van der Waals surface area (Å²) in [5.41, 5.74) is 0. The SMILES string of the molecule is C=CC[Si](C)OC(C)OCCCC. The molecule has 1 atom stereocenters. The molecule has 0 fully saturated rings. The van der Waals surface area contributed by atoms with Gasteiger partial charge in [0, 0.05) is 6.61 Å². The second kappa shape index (κ2) is 8.47. The van der Waals surface area contributed by atoms with E-state index >= 15 is 0 Å². The van der Waals surface area contributed by atoms with Crippen LogP contribution in [-0.2, 0) is 9.16 Å². The Bertz CT molecular complexity index is 128. The molecule has 0 heterocycles. The van der Waals surface area contributed by atoms with Gasteiger partial charge in [0.05, 0.1) is 0 Å². The Labute approximate surface area is 83.7 Å². The molecule has 0 aliphatic carbocycles. The Morgan fingerprint density at radius 3 is 2.77 bits per heavy atom. The summed E-state index contributed by atoms with van der Waals surface area (Å²) in [7, 11) is -0.719. The first-order chi connectivity index (χ1) is 6.20. The number of rotatable bonds is 8. The first kappa shape index (κ1) is 12.9. The van der Waals surface area contributed by atoms with Crippen LogP contribution in [0.2, 0.25) is 12.6 Å². The van der Waals surface area contributed by atoms with Crippen LogP contribution in [0, 0.1) is 0 Å². The molecule has 77 valence electrons. The second-order valence-corrected chi connectivity index (χ2v) is 5.15. The number of hydrogen-bond donors (Lipinski definition) is 0. The second-order valence-electron chi connectivity index (χ2n) is 3.10. The molecule has 1 unspecified atom stereocenters. The molecule has 0 aliphatic heterocycles. The summed E-state index contributed by atoms with van der Waals surface area (Å²) in [6.07, 6.45) is 4.14. The fourth-order valence-electron chi connectivity index (χ4n) is 0.962. The van der Waals surface area contributed by atoms with Crippen LogP contribution in [0.5, 0.6) is 0 Å². The molecule has 13 heavy (non-hydrogen) atoms. The van der Waals surface area contributed by atoms with Gasteiger partial charge in [-0.25, -0.2) is 0 Å². The van der Waals surface area contributed by atoms with Gasteiger partial charge in [-0.05, 0) is 25.9 Å². The Hall–Kier alpha value is -0.123. The molecule has 0 aromatic carbocycles. The predicted octanol–water partition coefficient (Wildman–Crippen LogP) is 2.97. The van der Waals surface area contributed by atoms with Gasteiger partial charge in [0.15, 0.2) is 0 Å². The molecule has 0 saturated heterocycles. The molecule has 0 aromatic rings. The molecule has 0 rings (SSSR count). The maximum Gasteiger partial charge on any atom is 0.215 e. The van der Waals surface area contributed by atoms with Crippen molar-refractivity contribution in [1.82, 2.24) is 0 Å². The summed E-state index contributed by atoms with van der Waals surface area (Å²) < 4.78 is 11.1. The molecule has 0 bridgehead atoms. The van der Waals surface area contributed by atoms with E-state index in [2.05, 4.69) is 20.0 Å². The minimum Gasteiger partial charge on any atom is -0.392 e. The minimum absolute atomic E-state index is 0.0506. The zero-order valence-corrected chi connectivity index (χ0v) is 10.0. The number of hydrogen-bond acceptors (Lipinski definition) is 2. The van der Waals surface area contributed by atoms with Crippen LogP contribution in [0.3, 0.4) is 0 Å².